The smallest absolute Gasteiger partial charge is 0.253 e. The molecular formula is C27H31N3O2S. The Morgan fingerprint density at radius 2 is 1.91 bits per heavy atom. The minimum absolute atomic E-state index is 0.0962. The summed E-state index contributed by atoms with van der Waals surface area (Å²) < 4.78 is 6.10. The summed E-state index contributed by atoms with van der Waals surface area (Å²) in [5.74, 6) is 0.719. The van der Waals surface area contributed by atoms with E-state index in [1.807, 2.05) is 44.2 Å². The number of nitrogens with one attached hydrogen (secondary N) is 2. The van der Waals surface area contributed by atoms with Crippen LogP contribution in [0.5, 0.6) is 5.75 Å². The number of carbonyl (C=O) groups is 1. The molecular weight excluding hydrogens is 430 g/mol. The van der Waals surface area contributed by atoms with E-state index in [2.05, 4.69) is 58.1 Å². The van der Waals surface area contributed by atoms with Gasteiger partial charge < -0.3 is 15.0 Å². The predicted octanol–water partition coefficient (Wildman–Crippen LogP) is 5.68. The van der Waals surface area contributed by atoms with Gasteiger partial charge in [-0.05, 0) is 79.5 Å². The molecule has 172 valence electrons. The minimum atomic E-state index is -0.154. The van der Waals surface area contributed by atoms with Crippen molar-refractivity contribution in [2.75, 3.05) is 13.6 Å². The Bertz CT molecular complexity index is 1230. The first-order valence-corrected chi connectivity index (χ1v) is 12.2. The third-order valence-electron chi connectivity index (χ3n) is 5.86. The summed E-state index contributed by atoms with van der Waals surface area (Å²) in [5, 5.41) is 8.40. The van der Waals surface area contributed by atoms with E-state index in [9.17, 15) is 4.79 Å². The zero-order valence-electron chi connectivity index (χ0n) is 19.6. The molecule has 6 heteroatoms. The summed E-state index contributed by atoms with van der Waals surface area (Å²) >= 11 is 1.73. The lowest BCUT2D eigenvalue weighted by atomic mass is 10.1. The summed E-state index contributed by atoms with van der Waals surface area (Å²) in [7, 11) is 2.12. The monoisotopic (exact) mass is 461 g/mol. The standard InChI is InChI=1S/C27H31N3O2S/c1-18(14-28-27(31)25-10-6-9-24-19(2)20(3)29-26(24)25)32-23-8-5-7-21(13-23)15-30(4)16-22-11-12-33-17-22/h5-13,17-18,29H,14-16H2,1-4H3,(H,28,31)/t18-/m1/s1. The van der Waals surface area contributed by atoms with E-state index in [-0.39, 0.29) is 12.0 Å². The molecule has 2 aromatic carbocycles. The zero-order valence-corrected chi connectivity index (χ0v) is 20.5. The molecule has 2 N–H and O–H groups in total. The summed E-state index contributed by atoms with van der Waals surface area (Å²) in [4.78, 5) is 18.5. The van der Waals surface area contributed by atoms with Crippen molar-refractivity contribution in [3.63, 3.8) is 0 Å². The molecule has 2 heterocycles. The molecule has 0 aliphatic carbocycles. The maximum absolute atomic E-state index is 12.9. The number of aromatic nitrogens is 1. The first-order chi connectivity index (χ1) is 15.9. The van der Waals surface area contributed by atoms with Gasteiger partial charge in [-0.25, -0.2) is 0 Å². The van der Waals surface area contributed by atoms with Gasteiger partial charge in [-0.2, -0.15) is 11.3 Å². The van der Waals surface area contributed by atoms with E-state index in [4.69, 9.17) is 4.74 Å². The summed E-state index contributed by atoms with van der Waals surface area (Å²) in [6.45, 7) is 8.26. The van der Waals surface area contributed by atoms with E-state index in [1.165, 1.54) is 16.7 Å². The first kappa shape index (κ1) is 23.1. The van der Waals surface area contributed by atoms with Crippen molar-refractivity contribution in [2.24, 2.45) is 0 Å². The number of fused-ring (bicyclic) bond motifs is 1. The number of para-hydroxylation sites is 1. The highest BCUT2D eigenvalue weighted by Gasteiger charge is 2.15. The molecule has 2 aromatic heterocycles. The highest BCUT2D eigenvalue weighted by atomic mass is 32.1. The Morgan fingerprint density at radius 1 is 1.12 bits per heavy atom. The molecule has 4 rings (SSSR count). The van der Waals surface area contributed by atoms with Crippen LogP contribution in [0, 0.1) is 13.8 Å². The van der Waals surface area contributed by atoms with Gasteiger partial charge >= 0.3 is 0 Å². The van der Waals surface area contributed by atoms with E-state index in [0.717, 1.165) is 35.4 Å². The van der Waals surface area contributed by atoms with E-state index < -0.39 is 0 Å². The lowest BCUT2D eigenvalue weighted by molar-refractivity contribution is 0.0933. The number of benzene rings is 2. The molecule has 0 spiro atoms. The fourth-order valence-electron chi connectivity index (χ4n) is 4.06. The van der Waals surface area contributed by atoms with Gasteiger partial charge in [0.25, 0.3) is 5.91 Å². The van der Waals surface area contributed by atoms with E-state index >= 15 is 0 Å². The number of nitrogens with zero attached hydrogens (tertiary/aromatic N) is 1. The maximum atomic E-state index is 12.9. The summed E-state index contributed by atoms with van der Waals surface area (Å²) in [6, 6.07) is 16.2. The molecule has 1 atom stereocenters. The van der Waals surface area contributed by atoms with Crippen LogP contribution in [0.3, 0.4) is 0 Å². The third-order valence-corrected chi connectivity index (χ3v) is 6.59. The second kappa shape index (κ2) is 10.2. The molecule has 0 aliphatic heterocycles. The van der Waals surface area contributed by atoms with Crippen LogP contribution in [0.25, 0.3) is 10.9 Å². The molecule has 33 heavy (non-hydrogen) atoms. The molecule has 4 aromatic rings. The van der Waals surface area contributed by atoms with Gasteiger partial charge in [-0.3, -0.25) is 9.69 Å². The van der Waals surface area contributed by atoms with Gasteiger partial charge in [-0.15, -0.1) is 0 Å². The molecule has 1 amide bonds. The lowest BCUT2D eigenvalue weighted by Crippen LogP contribution is -2.33. The number of amides is 1. The molecule has 0 fully saturated rings. The van der Waals surface area contributed by atoms with Crippen LogP contribution in [0.1, 0.15) is 39.7 Å². The van der Waals surface area contributed by atoms with Gasteiger partial charge in [0.15, 0.2) is 0 Å². The lowest BCUT2D eigenvalue weighted by Gasteiger charge is -2.18. The topological polar surface area (TPSA) is 57.4 Å². The summed E-state index contributed by atoms with van der Waals surface area (Å²) in [5.41, 5.74) is 6.34. The molecule has 5 nitrogen and oxygen atoms in total. The molecule has 0 saturated heterocycles. The Kier molecular flexibility index (Phi) is 7.16. The molecule has 0 bridgehead atoms. The Balaban J connectivity index is 1.33. The van der Waals surface area contributed by atoms with Crippen LogP contribution >= 0.6 is 11.3 Å². The Morgan fingerprint density at radius 3 is 2.70 bits per heavy atom. The number of rotatable bonds is 9. The second-order valence-corrected chi connectivity index (χ2v) is 9.47. The van der Waals surface area contributed by atoms with Gasteiger partial charge in [0.2, 0.25) is 0 Å². The highest BCUT2D eigenvalue weighted by Crippen LogP contribution is 2.24. The maximum Gasteiger partial charge on any atom is 0.253 e. The van der Waals surface area contributed by atoms with Gasteiger partial charge in [0.1, 0.15) is 11.9 Å². The average Bonchev–Trinajstić information content (AvgIpc) is 3.40. The minimum Gasteiger partial charge on any atom is -0.489 e. The number of ether oxygens (including phenoxy) is 1. The van der Waals surface area contributed by atoms with Crippen LogP contribution in [0.15, 0.2) is 59.3 Å². The zero-order chi connectivity index (χ0) is 23.4. The van der Waals surface area contributed by atoms with Crippen molar-refractivity contribution in [2.45, 2.75) is 40.0 Å². The number of carbonyl (C=O) groups excluding carboxylic acids is 1. The van der Waals surface area contributed by atoms with Crippen molar-refractivity contribution in [3.8, 4) is 5.75 Å². The van der Waals surface area contributed by atoms with Crippen LogP contribution in [-0.2, 0) is 13.1 Å². The Labute approximate surface area is 199 Å². The van der Waals surface area contributed by atoms with Crippen molar-refractivity contribution >= 4 is 28.1 Å². The number of aromatic amines is 1. The molecule has 0 saturated carbocycles. The average molecular weight is 462 g/mol. The molecule has 0 unspecified atom stereocenters. The van der Waals surface area contributed by atoms with Crippen molar-refractivity contribution in [3.05, 3.63) is 87.2 Å². The van der Waals surface area contributed by atoms with Crippen LogP contribution < -0.4 is 10.1 Å². The Hall–Kier alpha value is -3.09. The largest absolute Gasteiger partial charge is 0.489 e. The second-order valence-electron chi connectivity index (χ2n) is 8.69. The number of H-pyrrole nitrogens is 1. The number of thiophene rings is 1. The quantitative estimate of drug-likeness (QED) is 0.337. The first-order valence-electron chi connectivity index (χ1n) is 11.2. The fourth-order valence-corrected chi connectivity index (χ4v) is 4.72. The normalized spacial score (nSPS) is 12.3. The van der Waals surface area contributed by atoms with Crippen molar-refractivity contribution in [1.82, 2.24) is 15.2 Å². The molecule has 0 aliphatic rings. The van der Waals surface area contributed by atoms with E-state index in [0.29, 0.717) is 12.1 Å². The van der Waals surface area contributed by atoms with Gasteiger partial charge in [-0.1, -0.05) is 24.3 Å². The number of hydrogen-bond acceptors (Lipinski definition) is 4. The molecule has 0 radical (unpaired) electrons. The highest BCUT2D eigenvalue weighted by molar-refractivity contribution is 7.07. The van der Waals surface area contributed by atoms with Crippen LogP contribution in [-0.4, -0.2) is 35.5 Å². The van der Waals surface area contributed by atoms with Crippen LogP contribution in [0.4, 0.5) is 0 Å². The number of hydrogen-bond donors (Lipinski definition) is 2. The van der Waals surface area contributed by atoms with Crippen molar-refractivity contribution < 1.29 is 9.53 Å². The SMILES string of the molecule is Cc1[nH]c2c(C(=O)NC[C@@H](C)Oc3cccc(CN(C)Cc4ccsc4)c3)cccc2c1C. The van der Waals surface area contributed by atoms with Crippen molar-refractivity contribution in [1.29, 1.82) is 0 Å². The van der Waals surface area contributed by atoms with Crippen LogP contribution in [0.2, 0.25) is 0 Å². The fraction of sp³-hybridized carbons (Fsp3) is 0.296. The summed E-state index contributed by atoms with van der Waals surface area (Å²) in [6.07, 6.45) is -0.154. The van der Waals surface area contributed by atoms with Gasteiger partial charge in [0, 0.05) is 24.2 Å². The van der Waals surface area contributed by atoms with Gasteiger partial charge in [0.05, 0.1) is 17.6 Å². The number of aryl methyl sites for hydroxylation is 2. The third kappa shape index (κ3) is 5.64. The predicted molar refractivity (Wildman–Crippen MR) is 136 cm³/mol. The van der Waals surface area contributed by atoms with E-state index in [1.54, 1.807) is 11.3 Å².